The number of esters is 2. The van der Waals surface area contributed by atoms with Crippen LogP contribution in [0.1, 0.15) is 123 Å². The highest BCUT2D eigenvalue weighted by Crippen LogP contribution is 2.62. The smallest absolute Gasteiger partial charge is 0.311 e. The molecule has 0 radical (unpaired) electrons. The second-order valence-electron chi connectivity index (χ2n) is 14.6. The first-order valence-electron chi connectivity index (χ1n) is 16.0. The second-order valence-corrected chi connectivity index (χ2v) is 19.3. The van der Waals surface area contributed by atoms with E-state index < -0.39 is 8.32 Å². The van der Waals surface area contributed by atoms with Crippen LogP contribution in [0.25, 0.3) is 0 Å². The van der Waals surface area contributed by atoms with Gasteiger partial charge < -0.3 is 13.9 Å². The zero-order valence-corrected chi connectivity index (χ0v) is 27.4. The van der Waals surface area contributed by atoms with E-state index in [9.17, 15) is 9.59 Å². The molecule has 0 N–H and O–H groups in total. The van der Waals surface area contributed by atoms with Gasteiger partial charge in [-0.15, -0.1) is 0 Å². The largest absolute Gasteiger partial charge is 0.459 e. The molecular formula is C34H54O5Si. The quantitative estimate of drug-likeness (QED) is 0.160. The van der Waals surface area contributed by atoms with Crippen LogP contribution in [0.15, 0.2) is 18.2 Å². The summed E-state index contributed by atoms with van der Waals surface area (Å²) in [6.07, 6.45) is 9.69. The summed E-state index contributed by atoms with van der Waals surface area (Å²) in [5.74, 6) is 1.99. The molecule has 0 aromatic heterocycles. The maximum Gasteiger partial charge on any atom is 0.311 e. The summed E-state index contributed by atoms with van der Waals surface area (Å²) in [4.78, 5) is 25.2. The first-order chi connectivity index (χ1) is 18.8. The highest BCUT2D eigenvalue weighted by molar-refractivity contribution is 6.74. The molecule has 224 valence electrons. The minimum atomic E-state index is -2.05. The topological polar surface area (TPSA) is 61.8 Å². The van der Waals surface area contributed by atoms with Gasteiger partial charge in [-0.1, -0.05) is 60.5 Å². The Morgan fingerprint density at radius 2 is 1.70 bits per heavy atom. The molecule has 6 atom stereocenters. The summed E-state index contributed by atoms with van der Waals surface area (Å²) >= 11 is 0. The Morgan fingerprint density at radius 1 is 1.02 bits per heavy atom. The van der Waals surface area contributed by atoms with Gasteiger partial charge in [0.1, 0.15) is 11.9 Å². The van der Waals surface area contributed by atoms with Crippen molar-refractivity contribution in [2.75, 3.05) is 0 Å². The molecule has 0 spiro atoms. The Labute approximate surface area is 244 Å². The van der Waals surface area contributed by atoms with Crippen LogP contribution in [0, 0.1) is 17.3 Å². The van der Waals surface area contributed by atoms with E-state index in [1.54, 1.807) is 0 Å². The molecule has 40 heavy (non-hydrogen) atoms. The van der Waals surface area contributed by atoms with Crippen LogP contribution in [-0.2, 0) is 25.2 Å². The lowest BCUT2D eigenvalue weighted by Gasteiger charge is -2.50. The molecule has 4 rings (SSSR count). The van der Waals surface area contributed by atoms with Crippen LogP contribution in [0.3, 0.4) is 0 Å². The summed E-state index contributed by atoms with van der Waals surface area (Å²) in [7, 11) is -2.05. The van der Waals surface area contributed by atoms with Crippen molar-refractivity contribution >= 4 is 20.3 Å². The van der Waals surface area contributed by atoms with E-state index in [4.69, 9.17) is 13.9 Å². The predicted molar refractivity (Wildman–Crippen MR) is 163 cm³/mol. The Balaban J connectivity index is 1.57. The Morgan fingerprint density at radius 3 is 2.35 bits per heavy atom. The number of unbranched alkanes of at least 4 members (excludes halogenated alkanes) is 2. The zero-order valence-electron chi connectivity index (χ0n) is 26.4. The fourth-order valence-electron chi connectivity index (χ4n) is 7.47. The minimum absolute atomic E-state index is 0.0356. The Kier molecular flexibility index (Phi) is 9.61. The summed E-state index contributed by atoms with van der Waals surface area (Å²) in [6, 6.07) is 6.33. The average Bonchev–Trinajstić information content (AvgIpc) is 3.15. The van der Waals surface area contributed by atoms with E-state index in [2.05, 4.69) is 66.8 Å². The molecular weight excluding hydrogens is 516 g/mol. The lowest BCUT2D eigenvalue weighted by molar-refractivity contribution is -0.163. The van der Waals surface area contributed by atoms with Gasteiger partial charge in [-0.05, 0) is 104 Å². The number of carbonyl (C=O) groups is 2. The van der Waals surface area contributed by atoms with Crippen LogP contribution < -0.4 is 4.74 Å². The van der Waals surface area contributed by atoms with Crippen LogP contribution in [0.4, 0.5) is 0 Å². The number of rotatable bonds is 10. The van der Waals surface area contributed by atoms with Crippen molar-refractivity contribution in [2.45, 2.75) is 148 Å². The van der Waals surface area contributed by atoms with E-state index in [0.29, 0.717) is 36.3 Å². The molecule has 0 saturated heterocycles. The predicted octanol–water partition coefficient (Wildman–Crippen LogP) is 8.74. The molecule has 1 aromatic rings. The number of aryl methyl sites for hydroxylation is 1. The summed E-state index contributed by atoms with van der Waals surface area (Å²) < 4.78 is 19.1. The SMILES string of the molecule is CCCCC(=O)Oc1ccc2c(c1)CC[C@@H]1[C@@H]2CC[C@@]2(C)[C@H]1C[C@@H](O[Si](C)(C)C(C)(C)C)[C@@H]2OC(=O)CCCC. The van der Waals surface area contributed by atoms with Crippen molar-refractivity contribution in [3.63, 3.8) is 0 Å². The number of carbonyl (C=O) groups excluding carboxylic acids is 2. The zero-order chi connectivity index (χ0) is 29.3. The normalized spacial score (nSPS) is 29.8. The van der Waals surface area contributed by atoms with Gasteiger partial charge in [0.25, 0.3) is 0 Å². The van der Waals surface area contributed by atoms with Crippen molar-refractivity contribution in [1.82, 2.24) is 0 Å². The molecule has 2 saturated carbocycles. The lowest BCUT2D eigenvalue weighted by Crippen LogP contribution is -2.50. The van der Waals surface area contributed by atoms with Crippen LogP contribution >= 0.6 is 0 Å². The minimum Gasteiger partial charge on any atom is -0.459 e. The number of fused-ring (bicyclic) bond motifs is 5. The van der Waals surface area contributed by atoms with E-state index in [-0.39, 0.29) is 34.6 Å². The van der Waals surface area contributed by atoms with Crippen molar-refractivity contribution in [3.05, 3.63) is 29.3 Å². The lowest BCUT2D eigenvalue weighted by atomic mass is 9.55. The van der Waals surface area contributed by atoms with Crippen molar-refractivity contribution in [1.29, 1.82) is 0 Å². The van der Waals surface area contributed by atoms with E-state index in [1.807, 2.05) is 6.07 Å². The molecule has 5 nitrogen and oxygen atoms in total. The molecule has 6 heteroatoms. The van der Waals surface area contributed by atoms with Gasteiger partial charge >= 0.3 is 11.9 Å². The van der Waals surface area contributed by atoms with Crippen molar-refractivity contribution < 1.29 is 23.5 Å². The van der Waals surface area contributed by atoms with Crippen molar-refractivity contribution in [3.8, 4) is 5.75 Å². The summed E-state index contributed by atoms with van der Waals surface area (Å²) in [5, 5.41) is 0.0997. The number of benzene rings is 1. The third-order valence-electron chi connectivity index (χ3n) is 10.8. The van der Waals surface area contributed by atoms with E-state index in [1.165, 1.54) is 11.1 Å². The van der Waals surface area contributed by atoms with Crippen LogP contribution in [-0.4, -0.2) is 32.5 Å². The average molecular weight is 571 g/mol. The van der Waals surface area contributed by atoms with Gasteiger partial charge in [0.15, 0.2) is 8.32 Å². The maximum atomic E-state index is 13.0. The third kappa shape index (κ3) is 6.38. The van der Waals surface area contributed by atoms with Gasteiger partial charge in [0, 0.05) is 18.3 Å². The fourth-order valence-corrected chi connectivity index (χ4v) is 8.80. The van der Waals surface area contributed by atoms with Gasteiger partial charge in [0.2, 0.25) is 0 Å². The third-order valence-corrected chi connectivity index (χ3v) is 15.3. The number of ether oxygens (including phenoxy) is 2. The first-order valence-corrected chi connectivity index (χ1v) is 18.9. The van der Waals surface area contributed by atoms with Gasteiger partial charge in [-0.3, -0.25) is 9.59 Å². The molecule has 0 bridgehead atoms. The summed E-state index contributed by atoms with van der Waals surface area (Å²) in [6.45, 7) is 18.1. The molecule has 0 amide bonds. The molecule has 1 aromatic carbocycles. The number of hydrogen-bond acceptors (Lipinski definition) is 5. The molecule has 2 fully saturated rings. The first kappa shape index (κ1) is 31.3. The molecule has 0 aliphatic heterocycles. The highest BCUT2D eigenvalue weighted by atomic mass is 28.4. The number of hydrogen-bond donors (Lipinski definition) is 0. The van der Waals surface area contributed by atoms with Crippen LogP contribution in [0.2, 0.25) is 18.1 Å². The molecule has 3 aliphatic carbocycles. The molecule has 0 heterocycles. The summed E-state index contributed by atoms with van der Waals surface area (Å²) in [5.41, 5.74) is 2.69. The van der Waals surface area contributed by atoms with E-state index >= 15 is 0 Å². The van der Waals surface area contributed by atoms with E-state index in [0.717, 1.165) is 57.8 Å². The molecule has 3 aliphatic rings. The Hall–Kier alpha value is -1.66. The maximum absolute atomic E-state index is 13.0. The van der Waals surface area contributed by atoms with Crippen LogP contribution in [0.5, 0.6) is 5.75 Å². The standard InChI is InChI=1S/C34H54O5Si/c1-9-11-13-30(35)37-24-16-18-25-23(21-24)15-17-27-26(25)19-20-34(6)28(27)22-29(39-40(7,8)33(3,4)5)32(34)38-31(36)14-12-10-2/h16,18,21,26-29,32H,9-15,17,19-20,22H2,1-8H3/t26-,27-,28+,29-,32+,34+/m1/s1. The van der Waals surface area contributed by atoms with Gasteiger partial charge in [-0.2, -0.15) is 0 Å². The monoisotopic (exact) mass is 570 g/mol. The highest BCUT2D eigenvalue weighted by Gasteiger charge is 2.61. The van der Waals surface area contributed by atoms with Crippen molar-refractivity contribution in [2.24, 2.45) is 17.3 Å². The second kappa shape index (κ2) is 12.3. The van der Waals surface area contributed by atoms with Gasteiger partial charge in [0.05, 0.1) is 6.10 Å². The fraction of sp³-hybridized carbons (Fsp3) is 0.765. The van der Waals surface area contributed by atoms with Gasteiger partial charge in [-0.25, -0.2) is 0 Å². The Bertz CT molecular complexity index is 1060. The molecule has 0 unspecified atom stereocenters.